The molecule has 84 valence electrons. The van der Waals surface area contributed by atoms with Crippen molar-refractivity contribution >= 4 is 11.6 Å². The van der Waals surface area contributed by atoms with Gasteiger partial charge in [-0.1, -0.05) is 24.6 Å². The van der Waals surface area contributed by atoms with E-state index in [1.54, 1.807) is 6.07 Å². The lowest BCUT2D eigenvalue weighted by Gasteiger charge is -2.11. The van der Waals surface area contributed by atoms with Crippen LogP contribution in [0.3, 0.4) is 0 Å². The first-order chi connectivity index (χ1) is 7.13. The minimum atomic E-state index is -0.493. The zero-order valence-electron chi connectivity index (χ0n) is 8.63. The smallest absolute Gasteiger partial charge is 0.124 e. The zero-order chi connectivity index (χ0) is 11.3. The van der Waals surface area contributed by atoms with Gasteiger partial charge in [0.1, 0.15) is 5.82 Å². The summed E-state index contributed by atoms with van der Waals surface area (Å²) in [7, 11) is 0. The molecule has 2 nitrogen and oxygen atoms in total. The van der Waals surface area contributed by atoms with Crippen LogP contribution in [0.15, 0.2) is 18.2 Å². The maximum absolute atomic E-state index is 12.7. The van der Waals surface area contributed by atoms with Crippen molar-refractivity contribution in [1.29, 1.82) is 0 Å². The van der Waals surface area contributed by atoms with E-state index in [-0.39, 0.29) is 5.82 Å². The van der Waals surface area contributed by atoms with Crippen LogP contribution < -0.4 is 5.32 Å². The summed E-state index contributed by atoms with van der Waals surface area (Å²) in [4.78, 5) is 0. The molecule has 0 radical (unpaired) electrons. The molecule has 0 saturated heterocycles. The number of benzene rings is 1. The number of hydrogen-bond donors (Lipinski definition) is 2. The Bertz CT molecular complexity index is 319. The zero-order valence-corrected chi connectivity index (χ0v) is 9.39. The highest BCUT2D eigenvalue weighted by molar-refractivity contribution is 6.31. The predicted octanol–water partition coefficient (Wildman–Crippen LogP) is 1.99. The summed E-state index contributed by atoms with van der Waals surface area (Å²) < 4.78 is 12.7. The van der Waals surface area contributed by atoms with Crippen molar-refractivity contribution in [3.05, 3.63) is 34.6 Å². The Morgan fingerprint density at radius 1 is 1.53 bits per heavy atom. The first-order valence-corrected chi connectivity index (χ1v) is 5.34. The van der Waals surface area contributed by atoms with Crippen LogP contribution in [-0.2, 0) is 6.42 Å². The second-order valence-corrected chi connectivity index (χ2v) is 3.81. The maximum atomic E-state index is 12.7. The fourth-order valence-electron chi connectivity index (χ4n) is 1.32. The van der Waals surface area contributed by atoms with Crippen molar-refractivity contribution in [2.75, 3.05) is 13.1 Å². The lowest BCUT2D eigenvalue weighted by atomic mass is 10.1. The van der Waals surface area contributed by atoms with Gasteiger partial charge in [0, 0.05) is 18.0 Å². The average Bonchev–Trinajstić information content (AvgIpc) is 2.19. The molecule has 0 heterocycles. The van der Waals surface area contributed by atoms with Gasteiger partial charge in [0.15, 0.2) is 0 Å². The van der Waals surface area contributed by atoms with Crippen LogP contribution in [0.2, 0.25) is 5.02 Å². The van der Waals surface area contributed by atoms with Gasteiger partial charge in [0.25, 0.3) is 0 Å². The maximum Gasteiger partial charge on any atom is 0.124 e. The van der Waals surface area contributed by atoms with Crippen LogP contribution in [0.5, 0.6) is 0 Å². The van der Waals surface area contributed by atoms with Crippen molar-refractivity contribution in [3.63, 3.8) is 0 Å². The highest BCUT2D eigenvalue weighted by Crippen LogP contribution is 2.18. The summed E-state index contributed by atoms with van der Waals surface area (Å²) in [6, 6.07) is 4.21. The van der Waals surface area contributed by atoms with E-state index in [4.69, 9.17) is 11.6 Å². The van der Waals surface area contributed by atoms with E-state index < -0.39 is 6.10 Å². The second-order valence-electron chi connectivity index (χ2n) is 3.40. The molecule has 15 heavy (non-hydrogen) atoms. The van der Waals surface area contributed by atoms with Crippen molar-refractivity contribution in [1.82, 2.24) is 5.32 Å². The first-order valence-electron chi connectivity index (χ1n) is 4.96. The van der Waals surface area contributed by atoms with Gasteiger partial charge in [-0.3, -0.25) is 0 Å². The monoisotopic (exact) mass is 231 g/mol. The molecule has 0 aliphatic carbocycles. The summed E-state index contributed by atoms with van der Waals surface area (Å²) in [5.41, 5.74) is 0.767. The van der Waals surface area contributed by atoms with E-state index in [0.717, 1.165) is 12.1 Å². The highest BCUT2D eigenvalue weighted by Gasteiger charge is 2.08. The van der Waals surface area contributed by atoms with Crippen LogP contribution in [0.25, 0.3) is 0 Å². The minimum Gasteiger partial charge on any atom is -0.391 e. The Morgan fingerprint density at radius 3 is 2.87 bits per heavy atom. The third-order valence-corrected chi connectivity index (χ3v) is 2.45. The van der Waals surface area contributed by atoms with E-state index >= 15 is 0 Å². The molecule has 0 aliphatic rings. The number of nitrogens with one attached hydrogen (secondary N) is 1. The molecule has 1 atom stereocenters. The molecule has 0 amide bonds. The standard InChI is InChI=1S/C11H15ClFNO/c1-2-14-7-10(15)5-8-3-4-9(13)6-11(8)12/h3-4,6,10,14-15H,2,5,7H2,1H3. The van der Waals surface area contributed by atoms with Crippen LogP contribution in [0.1, 0.15) is 12.5 Å². The molecule has 0 spiro atoms. The van der Waals surface area contributed by atoms with E-state index in [9.17, 15) is 9.50 Å². The van der Waals surface area contributed by atoms with E-state index in [2.05, 4.69) is 5.32 Å². The van der Waals surface area contributed by atoms with Crippen molar-refractivity contribution < 1.29 is 9.50 Å². The fraction of sp³-hybridized carbons (Fsp3) is 0.455. The summed E-state index contributed by atoms with van der Waals surface area (Å²) in [5, 5.41) is 13.0. The van der Waals surface area contributed by atoms with E-state index in [1.807, 2.05) is 6.92 Å². The topological polar surface area (TPSA) is 32.3 Å². The average molecular weight is 232 g/mol. The van der Waals surface area contributed by atoms with Gasteiger partial charge in [0.2, 0.25) is 0 Å². The molecule has 0 bridgehead atoms. The Hall–Kier alpha value is -0.640. The van der Waals surface area contributed by atoms with Gasteiger partial charge in [-0.05, 0) is 24.2 Å². The Morgan fingerprint density at radius 2 is 2.27 bits per heavy atom. The quantitative estimate of drug-likeness (QED) is 0.813. The van der Waals surface area contributed by atoms with Gasteiger partial charge in [-0.2, -0.15) is 0 Å². The summed E-state index contributed by atoms with van der Waals surface area (Å²) in [6.07, 6.45) is -0.0561. The van der Waals surface area contributed by atoms with Crippen LogP contribution in [-0.4, -0.2) is 24.3 Å². The molecule has 1 aromatic carbocycles. The highest BCUT2D eigenvalue weighted by atomic mass is 35.5. The molecule has 0 aromatic heterocycles. The largest absolute Gasteiger partial charge is 0.391 e. The number of halogens is 2. The summed E-state index contributed by atoms with van der Waals surface area (Å²) in [6.45, 7) is 3.30. The Kier molecular flexibility index (Phi) is 5.02. The number of likely N-dealkylation sites (N-methyl/N-ethyl adjacent to an activating group) is 1. The Labute approximate surface area is 94.1 Å². The molecule has 0 fully saturated rings. The van der Waals surface area contributed by atoms with Crippen LogP contribution in [0, 0.1) is 5.82 Å². The SMILES string of the molecule is CCNCC(O)Cc1ccc(F)cc1Cl. The van der Waals surface area contributed by atoms with E-state index in [0.29, 0.717) is 18.0 Å². The van der Waals surface area contributed by atoms with Gasteiger partial charge in [0.05, 0.1) is 6.10 Å². The molecule has 1 unspecified atom stereocenters. The minimum absolute atomic E-state index is 0.357. The molecular weight excluding hydrogens is 217 g/mol. The first kappa shape index (κ1) is 12.4. The van der Waals surface area contributed by atoms with Crippen molar-refractivity contribution in [3.8, 4) is 0 Å². The van der Waals surface area contributed by atoms with Gasteiger partial charge in [-0.15, -0.1) is 0 Å². The van der Waals surface area contributed by atoms with Crippen LogP contribution in [0.4, 0.5) is 4.39 Å². The van der Waals surface area contributed by atoms with Crippen LogP contribution >= 0.6 is 11.6 Å². The molecule has 2 N–H and O–H groups in total. The summed E-state index contributed by atoms with van der Waals surface area (Å²) in [5.74, 6) is -0.357. The molecule has 0 saturated carbocycles. The Balaban J connectivity index is 2.56. The van der Waals surface area contributed by atoms with E-state index in [1.165, 1.54) is 12.1 Å². The third kappa shape index (κ3) is 4.16. The van der Waals surface area contributed by atoms with Gasteiger partial charge < -0.3 is 10.4 Å². The summed E-state index contributed by atoms with van der Waals surface area (Å²) >= 11 is 5.84. The number of rotatable bonds is 5. The molecule has 0 aliphatic heterocycles. The van der Waals surface area contributed by atoms with Crippen molar-refractivity contribution in [2.24, 2.45) is 0 Å². The number of aliphatic hydroxyl groups excluding tert-OH is 1. The second kappa shape index (κ2) is 6.05. The lowest BCUT2D eigenvalue weighted by Crippen LogP contribution is -2.28. The normalized spacial score (nSPS) is 12.8. The molecule has 1 rings (SSSR count). The molecule has 1 aromatic rings. The third-order valence-electron chi connectivity index (χ3n) is 2.10. The predicted molar refractivity (Wildman–Crippen MR) is 59.7 cm³/mol. The fourth-order valence-corrected chi connectivity index (χ4v) is 1.57. The molecule has 4 heteroatoms. The van der Waals surface area contributed by atoms with Gasteiger partial charge >= 0.3 is 0 Å². The number of aliphatic hydroxyl groups is 1. The van der Waals surface area contributed by atoms with Crippen molar-refractivity contribution in [2.45, 2.75) is 19.4 Å². The molecular formula is C11H15ClFNO. The number of hydrogen-bond acceptors (Lipinski definition) is 2. The van der Waals surface area contributed by atoms with Gasteiger partial charge in [-0.25, -0.2) is 4.39 Å². The lowest BCUT2D eigenvalue weighted by molar-refractivity contribution is 0.172.